The Morgan fingerprint density at radius 1 is 0.750 bits per heavy atom. The minimum absolute atomic E-state index is 0.525. The van der Waals surface area contributed by atoms with Crippen molar-refractivity contribution >= 4 is 6.01 Å². The van der Waals surface area contributed by atoms with E-state index in [-0.39, 0.29) is 0 Å². The minimum atomic E-state index is 0.525. The van der Waals surface area contributed by atoms with Gasteiger partial charge >= 0.3 is 0 Å². The highest BCUT2D eigenvalue weighted by Gasteiger charge is 2.10. The van der Waals surface area contributed by atoms with Crippen LogP contribution < -0.4 is 0 Å². The first-order valence-corrected chi connectivity index (χ1v) is 6.97. The maximum Gasteiger partial charge on any atom is 0.0892 e. The van der Waals surface area contributed by atoms with E-state index < -0.39 is 0 Å². The third-order valence-corrected chi connectivity index (χ3v) is 3.42. The van der Waals surface area contributed by atoms with Crippen LogP contribution in [0.3, 0.4) is 0 Å². The summed E-state index contributed by atoms with van der Waals surface area (Å²) in [5, 5.41) is 0. The van der Waals surface area contributed by atoms with Crippen molar-refractivity contribution in [2.45, 2.75) is 76.7 Å². The molecule has 0 radical (unpaired) electrons. The fourth-order valence-corrected chi connectivity index (χ4v) is 2.41. The zero-order chi connectivity index (χ0) is 11.5. The molecule has 2 aliphatic rings. The second kappa shape index (κ2) is 9.59. The van der Waals surface area contributed by atoms with Crippen molar-refractivity contribution in [3.63, 3.8) is 0 Å². The zero-order valence-corrected chi connectivity index (χ0v) is 10.7. The molecule has 0 bridgehead atoms. The third kappa shape index (κ3) is 6.79. The smallest absolute Gasteiger partial charge is 0.0892 e. The van der Waals surface area contributed by atoms with E-state index in [1.54, 1.807) is 7.05 Å². The molecule has 0 aromatic carbocycles. The van der Waals surface area contributed by atoms with Gasteiger partial charge in [0.1, 0.15) is 0 Å². The van der Waals surface area contributed by atoms with Crippen LogP contribution in [0.4, 0.5) is 0 Å². The van der Waals surface area contributed by atoms with Gasteiger partial charge in [-0.3, -0.25) is 0 Å². The molecular formula is C14H26N2. The van der Waals surface area contributed by atoms with E-state index in [9.17, 15) is 0 Å². The van der Waals surface area contributed by atoms with Gasteiger partial charge in [-0.15, -0.1) is 0 Å². The predicted octanol–water partition coefficient (Wildman–Crippen LogP) is 4.46. The number of nitrogens with zero attached hydrogens (tertiary/aromatic N) is 2. The second-order valence-electron chi connectivity index (χ2n) is 4.87. The maximum atomic E-state index is 4.19. The van der Waals surface area contributed by atoms with Crippen LogP contribution in [-0.2, 0) is 0 Å². The molecule has 2 fully saturated rings. The average molecular weight is 222 g/mol. The molecule has 0 unspecified atom stereocenters. The summed E-state index contributed by atoms with van der Waals surface area (Å²) < 4.78 is 0. The number of hydrogen-bond acceptors (Lipinski definition) is 2. The lowest BCUT2D eigenvalue weighted by molar-refractivity contribution is 0.444. The van der Waals surface area contributed by atoms with E-state index >= 15 is 0 Å². The summed E-state index contributed by atoms with van der Waals surface area (Å²) in [6, 6.07) is 3.19. The average Bonchev–Trinajstić information content (AvgIpc) is 2.40. The summed E-state index contributed by atoms with van der Waals surface area (Å²) >= 11 is 0. The Morgan fingerprint density at radius 3 is 1.62 bits per heavy atom. The van der Waals surface area contributed by atoms with Crippen molar-refractivity contribution in [3.05, 3.63) is 0 Å². The van der Waals surface area contributed by atoms with Gasteiger partial charge in [-0.2, -0.15) is 0 Å². The summed E-state index contributed by atoms with van der Waals surface area (Å²) in [5.74, 6) is 0. The normalized spacial score (nSPS) is 21.3. The summed E-state index contributed by atoms with van der Waals surface area (Å²) in [6.45, 7) is 0. The minimum Gasteiger partial charge on any atom is -0.229 e. The Balaban J connectivity index is 0.000000181. The highest BCUT2D eigenvalue weighted by molar-refractivity contribution is 5.41. The summed E-state index contributed by atoms with van der Waals surface area (Å²) in [7, 11) is 1.71. The van der Waals surface area contributed by atoms with Crippen molar-refractivity contribution in [1.82, 2.24) is 0 Å². The molecule has 2 nitrogen and oxygen atoms in total. The standard InChI is InChI=1S/C8H14N2.C6H12/c1-9-7-10-8-5-3-2-4-6-8;1-2-4-6-5-3-1/h8H,2-6H2,1H3;1-6H2. The molecule has 0 aliphatic heterocycles. The van der Waals surface area contributed by atoms with Gasteiger partial charge in [0.25, 0.3) is 0 Å². The van der Waals surface area contributed by atoms with Crippen molar-refractivity contribution in [1.29, 1.82) is 0 Å². The monoisotopic (exact) mass is 222 g/mol. The molecule has 2 heteroatoms. The molecule has 2 saturated carbocycles. The van der Waals surface area contributed by atoms with Crippen LogP contribution in [-0.4, -0.2) is 19.1 Å². The highest BCUT2D eigenvalue weighted by Crippen LogP contribution is 2.19. The van der Waals surface area contributed by atoms with E-state index in [1.165, 1.54) is 70.6 Å². The zero-order valence-electron chi connectivity index (χ0n) is 10.7. The lowest BCUT2D eigenvalue weighted by Gasteiger charge is -2.15. The Hall–Kier alpha value is -0.620. The predicted molar refractivity (Wildman–Crippen MR) is 70.4 cm³/mol. The summed E-state index contributed by atoms with van der Waals surface area (Å²) in [6.07, 6.45) is 15.5. The number of hydrogen-bond donors (Lipinski definition) is 0. The topological polar surface area (TPSA) is 24.7 Å². The molecule has 0 amide bonds. The lowest BCUT2D eigenvalue weighted by Crippen LogP contribution is -2.08. The van der Waals surface area contributed by atoms with Gasteiger partial charge in [0.05, 0.1) is 12.1 Å². The van der Waals surface area contributed by atoms with Crippen molar-refractivity contribution in [2.75, 3.05) is 7.05 Å². The number of rotatable bonds is 1. The Morgan fingerprint density at radius 2 is 1.19 bits per heavy atom. The van der Waals surface area contributed by atoms with Crippen molar-refractivity contribution in [2.24, 2.45) is 9.98 Å². The van der Waals surface area contributed by atoms with Gasteiger partial charge in [-0.05, 0) is 12.8 Å². The van der Waals surface area contributed by atoms with E-state index in [0.717, 1.165) is 0 Å². The van der Waals surface area contributed by atoms with Crippen LogP contribution >= 0.6 is 0 Å². The molecule has 0 heterocycles. The van der Waals surface area contributed by atoms with Gasteiger partial charge in [-0.1, -0.05) is 57.8 Å². The molecule has 2 rings (SSSR count). The summed E-state index contributed by atoms with van der Waals surface area (Å²) in [4.78, 5) is 7.90. The fraction of sp³-hybridized carbons (Fsp3) is 0.929. The van der Waals surface area contributed by atoms with E-state index in [2.05, 4.69) is 16.0 Å². The maximum absolute atomic E-state index is 4.19. The molecule has 2 aliphatic carbocycles. The molecule has 16 heavy (non-hydrogen) atoms. The number of aliphatic imine (C=N–C) groups is 2. The quantitative estimate of drug-likeness (QED) is 0.585. The fourth-order valence-electron chi connectivity index (χ4n) is 2.41. The van der Waals surface area contributed by atoms with Crippen LogP contribution in [0.15, 0.2) is 9.98 Å². The van der Waals surface area contributed by atoms with Crippen LogP contribution in [0.5, 0.6) is 0 Å². The van der Waals surface area contributed by atoms with E-state index in [4.69, 9.17) is 0 Å². The Kier molecular flexibility index (Phi) is 8.06. The van der Waals surface area contributed by atoms with Gasteiger partial charge in [0, 0.05) is 7.05 Å². The molecule has 0 saturated heterocycles. The Labute approximate surface area is 100 Å². The van der Waals surface area contributed by atoms with Gasteiger partial charge in [0.2, 0.25) is 0 Å². The first kappa shape index (κ1) is 13.4. The molecule has 0 N–H and O–H groups in total. The molecule has 0 spiro atoms. The summed E-state index contributed by atoms with van der Waals surface area (Å²) in [5.41, 5.74) is 0. The van der Waals surface area contributed by atoms with E-state index in [1.807, 2.05) is 0 Å². The van der Waals surface area contributed by atoms with Crippen LogP contribution in [0.2, 0.25) is 0 Å². The Bertz CT molecular complexity index is 195. The first-order chi connectivity index (χ1) is 7.93. The van der Waals surface area contributed by atoms with Crippen LogP contribution in [0.1, 0.15) is 70.6 Å². The second-order valence-corrected chi connectivity index (χ2v) is 4.87. The first-order valence-electron chi connectivity index (χ1n) is 6.97. The van der Waals surface area contributed by atoms with Crippen molar-refractivity contribution < 1.29 is 0 Å². The van der Waals surface area contributed by atoms with Crippen LogP contribution in [0.25, 0.3) is 0 Å². The highest BCUT2D eigenvalue weighted by atomic mass is 14.8. The van der Waals surface area contributed by atoms with Gasteiger partial charge < -0.3 is 0 Å². The molecule has 0 aromatic heterocycles. The molecule has 0 aromatic rings. The van der Waals surface area contributed by atoms with E-state index in [0.29, 0.717) is 6.04 Å². The molecular weight excluding hydrogens is 196 g/mol. The molecule has 92 valence electrons. The molecule has 0 atom stereocenters. The van der Waals surface area contributed by atoms with Gasteiger partial charge in [0.15, 0.2) is 0 Å². The lowest BCUT2D eigenvalue weighted by atomic mass is 9.96. The van der Waals surface area contributed by atoms with Gasteiger partial charge in [-0.25, -0.2) is 9.98 Å². The third-order valence-electron chi connectivity index (χ3n) is 3.42. The van der Waals surface area contributed by atoms with Crippen LogP contribution in [0, 0.1) is 0 Å². The largest absolute Gasteiger partial charge is 0.229 e. The van der Waals surface area contributed by atoms with Crippen molar-refractivity contribution in [3.8, 4) is 0 Å². The SMILES string of the molecule is C1CCCCC1.CN=C=NC1CCCCC1.